The number of nitrogens with zero attached hydrogens (tertiary/aromatic N) is 1. The Morgan fingerprint density at radius 2 is 1.77 bits per heavy atom. The van der Waals surface area contributed by atoms with E-state index in [4.69, 9.17) is 5.73 Å². The highest BCUT2D eigenvalue weighted by molar-refractivity contribution is 7.89. The Labute approximate surface area is 81.2 Å². The van der Waals surface area contributed by atoms with E-state index in [1.807, 2.05) is 20.8 Å². The third kappa shape index (κ3) is 5.23. The molecule has 0 saturated heterocycles. The van der Waals surface area contributed by atoms with Gasteiger partial charge in [0.1, 0.15) is 0 Å². The van der Waals surface area contributed by atoms with E-state index in [9.17, 15) is 8.42 Å². The molecule has 0 aliphatic carbocycles. The van der Waals surface area contributed by atoms with Gasteiger partial charge in [-0.05, 0) is 5.41 Å². The second kappa shape index (κ2) is 4.39. The van der Waals surface area contributed by atoms with Crippen LogP contribution in [0, 0.1) is 5.41 Å². The molecule has 0 saturated carbocycles. The van der Waals surface area contributed by atoms with Gasteiger partial charge >= 0.3 is 0 Å². The zero-order valence-corrected chi connectivity index (χ0v) is 9.69. The summed E-state index contributed by atoms with van der Waals surface area (Å²) < 4.78 is 24.5. The zero-order chi connectivity index (χ0) is 10.7. The minimum absolute atomic E-state index is 0.163. The highest BCUT2D eigenvalue weighted by atomic mass is 32.2. The van der Waals surface area contributed by atoms with Gasteiger partial charge < -0.3 is 5.73 Å². The lowest BCUT2D eigenvalue weighted by atomic mass is 10.0. The van der Waals surface area contributed by atoms with Gasteiger partial charge in [-0.2, -0.15) is 0 Å². The van der Waals surface area contributed by atoms with Crippen molar-refractivity contribution in [1.29, 1.82) is 0 Å². The number of hydrogen-bond donors (Lipinski definition) is 1. The Kier molecular flexibility index (Phi) is 4.35. The Balaban J connectivity index is 4.41. The smallest absolute Gasteiger partial charge is 0.214 e. The Bertz CT molecular complexity index is 241. The lowest BCUT2D eigenvalue weighted by Crippen LogP contribution is -2.37. The van der Waals surface area contributed by atoms with Gasteiger partial charge in [-0.1, -0.05) is 20.8 Å². The van der Waals surface area contributed by atoms with Crippen molar-refractivity contribution < 1.29 is 8.42 Å². The van der Waals surface area contributed by atoms with E-state index in [1.165, 1.54) is 4.31 Å². The molecule has 0 aromatic rings. The van der Waals surface area contributed by atoms with Crippen molar-refractivity contribution in [3.63, 3.8) is 0 Å². The molecule has 0 aliphatic rings. The molecule has 0 atom stereocenters. The second-order valence-corrected chi connectivity index (χ2v) is 6.50. The first-order valence-corrected chi connectivity index (χ1v) is 5.94. The predicted molar refractivity (Wildman–Crippen MR) is 54.9 cm³/mol. The van der Waals surface area contributed by atoms with E-state index in [0.29, 0.717) is 13.1 Å². The van der Waals surface area contributed by atoms with Crippen LogP contribution in [0.5, 0.6) is 0 Å². The zero-order valence-electron chi connectivity index (χ0n) is 8.87. The topological polar surface area (TPSA) is 63.4 Å². The molecule has 0 rings (SSSR count). The fourth-order valence-corrected chi connectivity index (χ4v) is 2.68. The molecule has 0 aromatic carbocycles. The van der Waals surface area contributed by atoms with Crippen molar-refractivity contribution in [1.82, 2.24) is 4.31 Å². The quantitative estimate of drug-likeness (QED) is 0.720. The van der Waals surface area contributed by atoms with Crippen LogP contribution in [-0.2, 0) is 10.0 Å². The van der Waals surface area contributed by atoms with Crippen LogP contribution in [-0.4, -0.2) is 38.6 Å². The van der Waals surface area contributed by atoms with Crippen LogP contribution in [0.25, 0.3) is 0 Å². The van der Waals surface area contributed by atoms with Crippen LogP contribution < -0.4 is 5.73 Å². The maximum absolute atomic E-state index is 11.6. The second-order valence-electron chi connectivity index (χ2n) is 4.43. The summed E-state index contributed by atoms with van der Waals surface area (Å²) >= 11 is 0. The molecule has 0 amide bonds. The lowest BCUT2D eigenvalue weighted by molar-refractivity contribution is 0.425. The Morgan fingerprint density at radius 1 is 1.31 bits per heavy atom. The Hall–Kier alpha value is -0.130. The van der Waals surface area contributed by atoms with Crippen LogP contribution in [0.15, 0.2) is 0 Å². The molecular formula is C8H20N2O2S. The molecule has 2 N–H and O–H groups in total. The van der Waals surface area contributed by atoms with Crippen LogP contribution >= 0.6 is 0 Å². The average Bonchev–Trinajstić information content (AvgIpc) is 1.82. The highest BCUT2D eigenvalue weighted by Gasteiger charge is 2.24. The fourth-order valence-electron chi connectivity index (χ4n) is 0.978. The van der Waals surface area contributed by atoms with Gasteiger partial charge in [0.05, 0.1) is 5.75 Å². The van der Waals surface area contributed by atoms with Crippen LogP contribution in [0.4, 0.5) is 0 Å². The van der Waals surface area contributed by atoms with E-state index in [0.717, 1.165) is 0 Å². The van der Waals surface area contributed by atoms with Gasteiger partial charge in [0, 0.05) is 20.1 Å². The highest BCUT2D eigenvalue weighted by Crippen LogP contribution is 2.17. The third-order valence-electron chi connectivity index (χ3n) is 1.53. The van der Waals surface area contributed by atoms with Crippen molar-refractivity contribution in [2.24, 2.45) is 11.1 Å². The molecule has 0 radical (unpaired) electrons. The summed E-state index contributed by atoms with van der Waals surface area (Å²) in [5, 5.41) is 0. The van der Waals surface area contributed by atoms with Crippen LogP contribution in [0.2, 0.25) is 0 Å². The molecule has 0 heterocycles. The van der Waals surface area contributed by atoms with E-state index >= 15 is 0 Å². The van der Waals surface area contributed by atoms with Crippen molar-refractivity contribution in [2.75, 3.05) is 25.9 Å². The summed E-state index contributed by atoms with van der Waals surface area (Å²) in [6.45, 7) is 6.46. The maximum atomic E-state index is 11.6. The summed E-state index contributed by atoms with van der Waals surface area (Å²) in [5.74, 6) is 0.163. The van der Waals surface area contributed by atoms with Crippen molar-refractivity contribution in [3.05, 3.63) is 0 Å². The molecule has 0 fully saturated rings. The molecular weight excluding hydrogens is 188 g/mol. The molecule has 80 valence electrons. The largest absolute Gasteiger partial charge is 0.329 e. The molecule has 0 aromatic heterocycles. The summed E-state index contributed by atoms with van der Waals surface area (Å²) in [4.78, 5) is 0. The molecule has 5 heteroatoms. The van der Waals surface area contributed by atoms with Gasteiger partial charge in [-0.15, -0.1) is 0 Å². The molecule has 13 heavy (non-hydrogen) atoms. The summed E-state index contributed by atoms with van der Waals surface area (Å²) in [6, 6.07) is 0. The number of sulfonamides is 1. The lowest BCUT2D eigenvalue weighted by Gasteiger charge is -2.23. The summed E-state index contributed by atoms with van der Waals surface area (Å²) in [6.07, 6.45) is 0. The average molecular weight is 208 g/mol. The van der Waals surface area contributed by atoms with E-state index in [2.05, 4.69) is 0 Å². The molecule has 0 unspecified atom stereocenters. The first kappa shape index (κ1) is 12.9. The van der Waals surface area contributed by atoms with Gasteiger partial charge in [0.25, 0.3) is 0 Å². The Morgan fingerprint density at radius 3 is 2.08 bits per heavy atom. The van der Waals surface area contributed by atoms with Crippen molar-refractivity contribution in [3.8, 4) is 0 Å². The van der Waals surface area contributed by atoms with E-state index in [1.54, 1.807) is 7.05 Å². The SMILES string of the molecule is CN(CCN)S(=O)(=O)CC(C)(C)C. The van der Waals surface area contributed by atoms with Crippen LogP contribution in [0.1, 0.15) is 20.8 Å². The summed E-state index contributed by atoms with van der Waals surface area (Å²) in [7, 11) is -1.56. The molecule has 4 nitrogen and oxygen atoms in total. The van der Waals surface area contributed by atoms with Gasteiger partial charge in [-0.25, -0.2) is 12.7 Å². The minimum atomic E-state index is -3.13. The van der Waals surface area contributed by atoms with Crippen molar-refractivity contribution in [2.45, 2.75) is 20.8 Å². The predicted octanol–water partition coefficient (Wildman–Crippen LogP) is 0.253. The molecule has 0 aliphatic heterocycles. The molecule has 0 spiro atoms. The number of nitrogens with two attached hydrogens (primary N) is 1. The third-order valence-corrected chi connectivity index (χ3v) is 3.90. The normalized spacial score (nSPS) is 13.7. The van der Waals surface area contributed by atoms with E-state index < -0.39 is 10.0 Å². The fraction of sp³-hybridized carbons (Fsp3) is 1.00. The van der Waals surface area contributed by atoms with Crippen molar-refractivity contribution >= 4 is 10.0 Å². The molecule has 0 bridgehead atoms. The number of rotatable bonds is 4. The van der Waals surface area contributed by atoms with Gasteiger partial charge in [-0.3, -0.25) is 0 Å². The minimum Gasteiger partial charge on any atom is -0.329 e. The number of hydrogen-bond acceptors (Lipinski definition) is 3. The monoisotopic (exact) mass is 208 g/mol. The van der Waals surface area contributed by atoms with Crippen LogP contribution in [0.3, 0.4) is 0 Å². The van der Waals surface area contributed by atoms with Gasteiger partial charge in [0.2, 0.25) is 10.0 Å². The first-order valence-electron chi connectivity index (χ1n) is 4.33. The number of likely N-dealkylation sites (N-methyl/N-ethyl adjacent to an activating group) is 1. The standard InChI is InChI=1S/C8H20N2O2S/c1-8(2,3)7-13(11,12)10(4)6-5-9/h5-7,9H2,1-4H3. The first-order chi connectivity index (χ1) is 5.69. The van der Waals surface area contributed by atoms with Gasteiger partial charge in [0.15, 0.2) is 0 Å². The summed E-state index contributed by atoms with van der Waals surface area (Å²) in [5.41, 5.74) is 5.08. The van der Waals surface area contributed by atoms with E-state index in [-0.39, 0.29) is 11.2 Å². The maximum Gasteiger partial charge on any atom is 0.214 e.